The third kappa shape index (κ3) is 4.23. The number of alkyl halides is 2. The zero-order valence-corrected chi connectivity index (χ0v) is 11.5. The molecule has 3 N–H and O–H groups in total. The molecule has 1 aromatic rings. The van der Waals surface area contributed by atoms with E-state index in [0.29, 0.717) is 18.4 Å². The normalized spacial score (nSPS) is 17.6. The van der Waals surface area contributed by atoms with Gasteiger partial charge in [0.1, 0.15) is 5.54 Å². The van der Waals surface area contributed by atoms with Crippen molar-refractivity contribution in [2.45, 2.75) is 43.2 Å². The van der Waals surface area contributed by atoms with Crippen LogP contribution in [0, 0.1) is 11.3 Å². The molecule has 21 heavy (non-hydrogen) atoms. The predicted octanol–water partition coefficient (Wildman–Crippen LogP) is 1.75. The highest BCUT2D eigenvalue weighted by Gasteiger charge is 2.46. The highest BCUT2D eigenvalue weighted by Crippen LogP contribution is 2.34. The predicted molar refractivity (Wildman–Crippen MR) is 73.4 cm³/mol. The molecule has 0 aliphatic heterocycles. The van der Waals surface area contributed by atoms with E-state index >= 15 is 0 Å². The van der Waals surface area contributed by atoms with Gasteiger partial charge in [-0.3, -0.25) is 4.79 Å². The molecule has 0 spiro atoms. The van der Waals surface area contributed by atoms with Gasteiger partial charge in [0.05, 0.1) is 12.1 Å². The maximum Gasteiger partial charge on any atom is 0.254 e. The second-order valence-corrected chi connectivity index (χ2v) is 5.51. The van der Waals surface area contributed by atoms with Gasteiger partial charge in [-0.1, -0.05) is 30.3 Å². The molecule has 6 heteroatoms. The van der Waals surface area contributed by atoms with Crippen molar-refractivity contribution in [3.05, 3.63) is 35.9 Å². The van der Waals surface area contributed by atoms with Crippen molar-refractivity contribution >= 4 is 5.91 Å². The fraction of sp³-hybridized carbons (Fsp3) is 0.467. The maximum absolute atomic E-state index is 13.9. The van der Waals surface area contributed by atoms with E-state index in [1.165, 1.54) is 0 Å². The summed E-state index contributed by atoms with van der Waals surface area (Å²) in [6.45, 7) is 0. The lowest BCUT2D eigenvalue weighted by Crippen LogP contribution is -2.48. The van der Waals surface area contributed by atoms with Crippen molar-refractivity contribution < 1.29 is 13.6 Å². The smallest absolute Gasteiger partial charge is 0.254 e. The van der Waals surface area contributed by atoms with E-state index in [1.807, 2.05) is 6.07 Å². The van der Waals surface area contributed by atoms with E-state index < -0.39 is 36.3 Å². The summed E-state index contributed by atoms with van der Waals surface area (Å²) in [5.74, 6) is -3.76. The lowest BCUT2D eigenvalue weighted by Gasteiger charge is -2.21. The number of hydrogen-bond donors (Lipinski definition) is 2. The zero-order valence-electron chi connectivity index (χ0n) is 11.5. The van der Waals surface area contributed by atoms with Crippen LogP contribution in [0.25, 0.3) is 0 Å². The summed E-state index contributed by atoms with van der Waals surface area (Å²) in [7, 11) is 0. The molecule has 1 aliphatic carbocycles. The van der Waals surface area contributed by atoms with Crippen molar-refractivity contribution in [1.82, 2.24) is 5.32 Å². The topological polar surface area (TPSA) is 78.9 Å². The first-order valence-electron chi connectivity index (χ1n) is 6.76. The van der Waals surface area contributed by atoms with E-state index in [-0.39, 0.29) is 0 Å². The van der Waals surface area contributed by atoms with Crippen molar-refractivity contribution in [2.75, 3.05) is 0 Å². The number of hydrogen-bond acceptors (Lipinski definition) is 3. The number of rotatable bonds is 6. The van der Waals surface area contributed by atoms with Crippen LogP contribution in [0.2, 0.25) is 0 Å². The molecule has 0 aromatic heterocycles. The second-order valence-electron chi connectivity index (χ2n) is 5.51. The zero-order chi connectivity index (χ0) is 15.5. The molecular weight excluding hydrogens is 276 g/mol. The van der Waals surface area contributed by atoms with Crippen LogP contribution >= 0.6 is 0 Å². The Morgan fingerprint density at radius 1 is 1.43 bits per heavy atom. The summed E-state index contributed by atoms with van der Waals surface area (Å²) in [4.78, 5) is 11.8. The van der Waals surface area contributed by atoms with Crippen molar-refractivity contribution in [2.24, 2.45) is 5.73 Å². The summed E-state index contributed by atoms with van der Waals surface area (Å²) in [5.41, 5.74) is 5.15. The van der Waals surface area contributed by atoms with Gasteiger partial charge in [0.25, 0.3) is 5.92 Å². The molecule has 1 fully saturated rings. The first kappa shape index (κ1) is 15.4. The van der Waals surface area contributed by atoms with E-state index in [4.69, 9.17) is 11.0 Å². The number of carbonyl (C=O) groups is 1. The van der Waals surface area contributed by atoms with Gasteiger partial charge in [-0.25, -0.2) is 8.78 Å². The summed E-state index contributed by atoms with van der Waals surface area (Å²) in [5, 5.41) is 11.3. The molecule has 112 valence electrons. The lowest BCUT2D eigenvalue weighted by atomic mass is 10.0. The Bertz CT molecular complexity index is 550. The molecule has 1 atom stereocenters. The van der Waals surface area contributed by atoms with E-state index in [2.05, 4.69) is 5.32 Å². The minimum atomic E-state index is -3.07. The molecule has 0 saturated heterocycles. The third-order valence-electron chi connectivity index (χ3n) is 3.49. The maximum atomic E-state index is 13.9. The van der Waals surface area contributed by atoms with Gasteiger partial charge < -0.3 is 11.1 Å². The van der Waals surface area contributed by atoms with Crippen LogP contribution in [0.4, 0.5) is 8.78 Å². The van der Waals surface area contributed by atoms with E-state index in [9.17, 15) is 13.6 Å². The van der Waals surface area contributed by atoms with Crippen LogP contribution < -0.4 is 11.1 Å². The third-order valence-corrected chi connectivity index (χ3v) is 3.49. The van der Waals surface area contributed by atoms with Gasteiger partial charge in [0.15, 0.2) is 0 Å². The Morgan fingerprint density at radius 2 is 2.05 bits per heavy atom. The molecular formula is C15H17F2N3O. The molecule has 1 saturated carbocycles. The number of nitriles is 1. The Balaban J connectivity index is 1.90. The monoisotopic (exact) mass is 293 g/mol. The number of nitrogens with one attached hydrogen (secondary N) is 1. The average molecular weight is 293 g/mol. The highest BCUT2D eigenvalue weighted by molar-refractivity contribution is 5.83. The number of halogens is 2. The summed E-state index contributed by atoms with van der Waals surface area (Å²) < 4.78 is 27.9. The Morgan fingerprint density at radius 3 is 2.57 bits per heavy atom. The van der Waals surface area contributed by atoms with Crippen molar-refractivity contribution in [3.8, 4) is 6.07 Å². The molecule has 0 radical (unpaired) electrons. The van der Waals surface area contributed by atoms with Crippen LogP contribution in [-0.2, 0) is 11.2 Å². The largest absolute Gasteiger partial charge is 0.336 e. The molecule has 0 heterocycles. The number of carbonyl (C=O) groups excluding carboxylic acids is 1. The van der Waals surface area contributed by atoms with E-state index in [1.54, 1.807) is 30.3 Å². The first-order chi connectivity index (χ1) is 9.86. The van der Waals surface area contributed by atoms with Crippen molar-refractivity contribution in [1.29, 1.82) is 5.26 Å². The van der Waals surface area contributed by atoms with Crippen LogP contribution in [0.15, 0.2) is 30.3 Å². The van der Waals surface area contributed by atoms with Gasteiger partial charge in [-0.15, -0.1) is 0 Å². The van der Waals surface area contributed by atoms with Gasteiger partial charge in [0, 0.05) is 12.8 Å². The first-order valence-corrected chi connectivity index (χ1v) is 6.76. The van der Waals surface area contributed by atoms with Gasteiger partial charge >= 0.3 is 0 Å². The van der Waals surface area contributed by atoms with Gasteiger partial charge in [-0.2, -0.15) is 5.26 Å². The second kappa shape index (κ2) is 5.78. The van der Waals surface area contributed by atoms with Crippen molar-refractivity contribution in [3.63, 3.8) is 0 Å². The summed E-state index contributed by atoms with van der Waals surface area (Å²) >= 11 is 0. The minimum Gasteiger partial charge on any atom is -0.336 e. The van der Waals surface area contributed by atoms with Crippen LogP contribution in [-0.4, -0.2) is 23.4 Å². The van der Waals surface area contributed by atoms with Crippen LogP contribution in [0.1, 0.15) is 24.8 Å². The average Bonchev–Trinajstić information content (AvgIpc) is 3.19. The Kier molecular flexibility index (Phi) is 4.24. The summed E-state index contributed by atoms with van der Waals surface area (Å²) in [6, 6.07) is 8.96. The molecule has 4 nitrogen and oxygen atoms in total. The fourth-order valence-corrected chi connectivity index (χ4v) is 2.10. The van der Waals surface area contributed by atoms with E-state index in [0.717, 1.165) is 0 Å². The number of nitrogens with zero attached hydrogens (tertiary/aromatic N) is 1. The SMILES string of the molecule is N#CC1(NC(=O)[C@@H](N)CC(F)(F)Cc2ccccc2)CC1. The standard InChI is InChI=1S/C15H17F2N3O/c16-15(17,8-11-4-2-1-3-5-11)9-12(19)13(21)20-14(10-18)6-7-14/h1-5,12H,6-9,19H2,(H,20,21)/t12-/m0/s1. The fourth-order valence-electron chi connectivity index (χ4n) is 2.10. The number of amides is 1. The van der Waals surface area contributed by atoms with Crippen LogP contribution in [0.5, 0.6) is 0 Å². The van der Waals surface area contributed by atoms with Gasteiger partial charge in [-0.05, 0) is 18.4 Å². The quantitative estimate of drug-likeness (QED) is 0.838. The Hall–Kier alpha value is -2.00. The number of nitrogens with two attached hydrogens (primary N) is 1. The molecule has 0 bridgehead atoms. The van der Waals surface area contributed by atoms with Crippen LogP contribution in [0.3, 0.4) is 0 Å². The Labute approximate surface area is 121 Å². The number of benzene rings is 1. The molecule has 1 aliphatic rings. The molecule has 2 rings (SSSR count). The summed E-state index contributed by atoms with van der Waals surface area (Å²) in [6.07, 6.45) is -0.113. The molecule has 1 amide bonds. The van der Waals surface area contributed by atoms with Gasteiger partial charge in [0.2, 0.25) is 5.91 Å². The lowest BCUT2D eigenvalue weighted by molar-refractivity contribution is -0.125. The molecule has 1 aromatic carbocycles. The highest BCUT2D eigenvalue weighted by atomic mass is 19.3. The molecule has 0 unspecified atom stereocenters. The minimum absolute atomic E-state index is 0.460.